The first-order valence-electron chi connectivity index (χ1n) is 5.90. The number of benzene rings is 1. The summed E-state index contributed by atoms with van der Waals surface area (Å²) in [5, 5.41) is 3.39. The summed E-state index contributed by atoms with van der Waals surface area (Å²) in [7, 11) is 0. The van der Waals surface area contributed by atoms with E-state index < -0.39 is 0 Å². The molecular weight excluding hydrogens is 269 g/mol. The van der Waals surface area contributed by atoms with Gasteiger partial charge in [-0.2, -0.15) is 0 Å². The first-order chi connectivity index (χ1) is 7.75. The van der Waals surface area contributed by atoms with Gasteiger partial charge in [-0.1, -0.05) is 34.8 Å². The zero-order chi connectivity index (χ0) is 11.4. The maximum absolute atomic E-state index is 12.8. The average Bonchev–Trinajstić information content (AvgIpc) is 3.04. The van der Waals surface area contributed by atoms with Crippen LogP contribution in [0.3, 0.4) is 0 Å². The zero-order valence-corrected chi connectivity index (χ0v) is 10.9. The summed E-state index contributed by atoms with van der Waals surface area (Å²) >= 11 is 3.37. The highest BCUT2D eigenvalue weighted by atomic mass is 79.9. The fourth-order valence-corrected chi connectivity index (χ4v) is 2.30. The molecule has 0 unspecified atom stereocenters. The van der Waals surface area contributed by atoms with Crippen molar-refractivity contribution in [3.63, 3.8) is 0 Å². The van der Waals surface area contributed by atoms with Crippen LogP contribution in [-0.2, 0) is 6.54 Å². The van der Waals surface area contributed by atoms with Crippen LogP contribution in [0.25, 0.3) is 0 Å². The van der Waals surface area contributed by atoms with Crippen molar-refractivity contribution in [3.05, 3.63) is 34.1 Å². The Morgan fingerprint density at radius 2 is 2.19 bits per heavy atom. The smallest absolute Gasteiger partial charge is 0.124 e. The van der Waals surface area contributed by atoms with Crippen molar-refractivity contribution < 1.29 is 4.39 Å². The van der Waals surface area contributed by atoms with Gasteiger partial charge in [0.25, 0.3) is 0 Å². The van der Waals surface area contributed by atoms with Gasteiger partial charge < -0.3 is 5.32 Å². The lowest BCUT2D eigenvalue weighted by Gasteiger charge is -2.06. The topological polar surface area (TPSA) is 12.0 Å². The largest absolute Gasteiger partial charge is 0.313 e. The Morgan fingerprint density at radius 1 is 1.38 bits per heavy atom. The Labute approximate surface area is 105 Å². The van der Waals surface area contributed by atoms with E-state index in [9.17, 15) is 4.39 Å². The van der Waals surface area contributed by atoms with E-state index in [2.05, 4.69) is 21.2 Å². The van der Waals surface area contributed by atoms with Crippen LogP contribution in [0.2, 0.25) is 0 Å². The highest BCUT2D eigenvalue weighted by Gasteiger charge is 2.19. The molecular formula is C13H17BrFN. The summed E-state index contributed by atoms with van der Waals surface area (Å²) in [5.41, 5.74) is 1.12. The van der Waals surface area contributed by atoms with Gasteiger partial charge in [-0.05, 0) is 43.0 Å². The monoisotopic (exact) mass is 285 g/mol. The van der Waals surface area contributed by atoms with Crippen LogP contribution in [0, 0.1) is 11.7 Å². The van der Waals surface area contributed by atoms with E-state index in [0.717, 1.165) is 29.0 Å². The molecule has 2 rings (SSSR count). The number of hydrogen-bond acceptors (Lipinski definition) is 1. The molecule has 0 saturated heterocycles. The van der Waals surface area contributed by atoms with Crippen LogP contribution < -0.4 is 5.32 Å². The third-order valence-electron chi connectivity index (χ3n) is 2.99. The summed E-state index contributed by atoms with van der Waals surface area (Å²) < 4.78 is 13.7. The van der Waals surface area contributed by atoms with E-state index in [1.54, 1.807) is 0 Å². The molecule has 0 radical (unpaired) electrons. The summed E-state index contributed by atoms with van der Waals surface area (Å²) in [6.07, 6.45) is 5.48. The molecule has 0 aromatic heterocycles. The lowest BCUT2D eigenvalue weighted by molar-refractivity contribution is 0.591. The van der Waals surface area contributed by atoms with E-state index in [0.29, 0.717) is 0 Å². The molecule has 1 aromatic rings. The van der Waals surface area contributed by atoms with Crippen molar-refractivity contribution in [1.29, 1.82) is 0 Å². The summed E-state index contributed by atoms with van der Waals surface area (Å²) in [4.78, 5) is 0. The predicted molar refractivity (Wildman–Crippen MR) is 67.8 cm³/mol. The number of hydrogen-bond donors (Lipinski definition) is 1. The van der Waals surface area contributed by atoms with Gasteiger partial charge in [0, 0.05) is 11.0 Å². The van der Waals surface area contributed by atoms with Crippen molar-refractivity contribution in [2.24, 2.45) is 5.92 Å². The third kappa shape index (κ3) is 3.87. The minimum atomic E-state index is -0.190. The molecule has 1 aliphatic carbocycles. The molecule has 0 aliphatic heterocycles. The molecule has 88 valence electrons. The Balaban J connectivity index is 1.67. The molecule has 1 nitrogen and oxygen atoms in total. The Kier molecular flexibility index (Phi) is 4.36. The van der Waals surface area contributed by atoms with Gasteiger partial charge in [0.15, 0.2) is 0 Å². The number of rotatable bonds is 6. The Hall–Kier alpha value is -0.410. The second-order valence-electron chi connectivity index (χ2n) is 4.50. The van der Waals surface area contributed by atoms with Gasteiger partial charge in [0.05, 0.1) is 0 Å². The molecule has 1 aromatic carbocycles. The van der Waals surface area contributed by atoms with Crippen LogP contribution in [0.15, 0.2) is 22.7 Å². The first-order valence-corrected chi connectivity index (χ1v) is 6.69. The lowest BCUT2D eigenvalue weighted by Crippen LogP contribution is -2.15. The standard InChI is InChI=1S/C13H17BrFN/c14-13-8-12(15)6-5-11(13)9-16-7-1-2-10-3-4-10/h5-6,8,10,16H,1-4,7,9H2. The highest BCUT2D eigenvalue weighted by molar-refractivity contribution is 9.10. The van der Waals surface area contributed by atoms with Gasteiger partial charge in [-0.15, -0.1) is 0 Å². The zero-order valence-electron chi connectivity index (χ0n) is 9.31. The molecule has 3 heteroatoms. The predicted octanol–water partition coefficient (Wildman–Crippen LogP) is 3.87. The van der Waals surface area contributed by atoms with Gasteiger partial charge in [0.2, 0.25) is 0 Å². The Morgan fingerprint density at radius 3 is 2.88 bits per heavy atom. The maximum atomic E-state index is 12.8. The summed E-state index contributed by atoms with van der Waals surface area (Å²) in [5.74, 6) is 0.823. The van der Waals surface area contributed by atoms with Crippen molar-refractivity contribution in [1.82, 2.24) is 5.32 Å². The van der Waals surface area contributed by atoms with Crippen LogP contribution in [0.5, 0.6) is 0 Å². The second kappa shape index (κ2) is 5.78. The summed E-state index contributed by atoms with van der Waals surface area (Å²) in [6, 6.07) is 4.85. The Bertz CT molecular complexity index is 350. The first kappa shape index (κ1) is 12.1. The van der Waals surface area contributed by atoms with Crippen LogP contribution in [-0.4, -0.2) is 6.54 Å². The molecule has 1 fully saturated rings. The molecule has 0 atom stereocenters. The molecule has 0 spiro atoms. The van der Waals surface area contributed by atoms with Crippen molar-refractivity contribution >= 4 is 15.9 Å². The molecule has 0 amide bonds. The van der Waals surface area contributed by atoms with Gasteiger partial charge in [-0.3, -0.25) is 0 Å². The summed E-state index contributed by atoms with van der Waals surface area (Å²) in [6.45, 7) is 1.87. The normalized spacial score (nSPS) is 15.4. The van der Waals surface area contributed by atoms with E-state index in [4.69, 9.17) is 0 Å². The van der Waals surface area contributed by atoms with Crippen LogP contribution in [0.4, 0.5) is 4.39 Å². The van der Waals surface area contributed by atoms with Gasteiger partial charge in [0.1, 0.15) is 5.82 Å². The van der Waals surface area contributed by atoms with E-state index >= 15 is 0 Å². The highest BCUT2D eigenvalue weighted by Crippen LogP contribution is 2.33. The lowest BCUT2D eigenvalue weighted by atomic mass is 10.2. The fourth-order valence-electron chi connectivity index (χ4n) is 1.81. The van der Waals surface area contributed by atoms with E-state index in [1.807, 2.05) is 6.07 Å². The third-order valence-corrected chi connectivity index (χ3v) is 3.73. The van der Waals surface area contributed by atoms with Gasteiger partial charge in [-0.25, -0.2) is 4.39 Å². The fraction of sp³-hybridized carbons (Fsp3) is 0.538. The van der Waals surface area contributed by atoms with Crippen molar-refractivity contribution in [2.45, 2.75) is 32.2 Å². The van der Waals surface area contributed by atoms with Crippen LogP contribution >= 0.6 is 15.9 Å². The number of nitrogens with one attached hydrogen (secondary N) is 1. The molecule has 1 N–H and O–H groups in total. The van der Waals surface area contributed by atoms with E-state index in [1.165, 1.54) is 37.8 Å². The average molecular weight is 286 g/mol. The van der Waals surface area contributed by atoms with Gasteiger partial charge >= 0.3 is 0 Å². The van der Waals surface area contributed by atoms with E-state index in [-0.39, 0.29) is 5.82 Å². The molecule has 1 aliphatic rings. The maximum Gasteiger partial charge on any atom is 0.124 e. The SMILES string of the molecule is Fc1ccc(CNCCCC2CC2)c(Br)c1. The van der Waals surface area contributed by atoms with Crippen LogP contribution in [0.1, 0.15) is 31.2 Å². The molecule has 0 heterocycles. The molecule has 1 saturated carbocycles. The second-order valence-corrected chi connectivity index (χ2v) is 5.35. The minimum absolute atomic E-state index is 0.190. The minimum Gasteiger partial charge on any atom is -0.313 e. The van der Waals surface area contributed by atoms with Crippen molar-refractivity contribution in [3.8, 4) is 0 Å². The van der Waals surface area contributed by atoms with Crippen molar-refractivity contribution in [2.75, 3.05) is 6.54 Å². The molecule has 16 heavy (non-hydrogen) atoms. The molecule has 0 bridgehead atoms. The quantitative estimate of drug-likeness (QED) is 0.783. The number of halogens is 2.